The van der Waals surface area contributed by atoms with Crippen molar-refractivity contribution in [2.24, 2.45) is 0 Å². The third-order valence-electron chi connectivity index (χ3n) is 2.81. The van der Waals surface area contributed by atoms with E-state index in [0.29, 0.717) is 18.5 Å². The SMILES string of the molecule is CC(C)NCc1cccc(OCc2ccccc2Br)n1. The number of nitrogens with one attached hydrogen (secondary N) is 1. The molecule has 1 heterocycles. The van der Waals surface area contributed by atoms with Crippen molar-refractivity contribution in [1.82, 2.24) is 10.3 Å². The van der Waals surface area contributed by atoms with Crippen LogP contribution in [0.2, 0.25) is 0 Å². The summed E-state index contributed by atoms with van der Waals surface area (Å²) in [5.41, 5.74) is 2.10. The largest absolute Gasteiger partial charge is 0.473 e. The lowest BCUT2D eigenvalue weighted by Gasteiger charge is -2.10. The fourth-order valence-corrected chi connectivity index (χ4v) is 2.11. The Morgan fingerprint density at radius 2 is 1.95 bits per heavy atom. The van der Waals surface area contributed by atoms with Crippen LogP contribution in [0.3, 0.4) is 0 Å². The van der Waals surface area contributed by atoms with Gasteiger partial charge in [-0.3, -0.25) is 0 Å². The lowest BCUT2D eigenvalue weighted by atomic mass is 10.2. The summed E-state index contributed by atoms with van der Waals surface area (Å²) in [4.78, 5) is 4.49. The molecule has 0 fully saturated rings. The highest BCUT2D eigenvalue weighted by atomic mass is 79.9. The molecule has 1 aromatic heterocycles. The van der Waals surface area contributed by atoms with E-state index in [1.807, 2.05) is 42.5 Å². The van der Waals surface area contributed by atoms with Crippen molar-refractivity contribution in [3.63, 3.8) is 0 Å². The van der Waals surface area contributed by atoms with Crippen LogP contribution in [0.1, 0.15) is 25.1 Å². The molecule has 0 aliphatic carbocycles. The van der Waals surface area contributed by atoms with Gasteiger partial charge in [-0.15, -0.1) is 0 Å². The highest BCUT2D eigenvalue weighted by Gasteiger charge is 2.03. The van der Waals surface area contributed by atoms with Crippen molar-refractivity contribution in [3.05, 3.63) is 58.2 Å². The van der Waals surface area contributed by atoms with Crippen LogP contribution in [0.15, 0.2) is 46.9 Å². The van der Waals surface area contributed by atoms with Gasteiger partial charge in [0.25, 0.3) is 0 Å². The van der Waals surface area contributed by atoms with Crippen LogP contribution < -0.4 is 10.1 Å². The molecule has 20 heavy (non-hydrogen) atoms. The van der Waals surface area contributed by atoms with Gasteiger partial charge < -0.3 is 10.1 Å². The zero-order chi connectivity index (χ0) is 14.4. The molecule has 2 rings (SSSR count). The maximum Gasteiger partial charge on any atom is 0.213 e. The van der Waals surface area contributed by atoms with Crippen molar-refractivity contribution in [1.29, 1.82) is 0 Å². The first-order chi connectivity index (χ1) is 9.65. The maximum atomic E-state index is 5.75. The number of nitrogens with zero attached hydrogens (tertiary/aromatic N) is 1. The first-order valence-electron chi connectivity index (χ1n) is 6.70. The van der Waals surface area contributed by atoms with Gasteiger partial charge in [0.05, 0.1) is 5.69 Å². The number of hydrogen-bond donors (Lipinski definition) is 1. The van der Waals surface area contributed by atoms with Gasteiger partial charge in [-0.1, -0.05) is 54.0 Å². The van der Waals surface area contributed by atoms with Crippen LogP contribution in [-0.2, 0) is 13.2 Å². The highest BCUT2D eigenvalue weighted by molar-refractivity contribution is 9.10. The Balaban J connectivity index is 1.96. The van der Waals surface area contributed by atoms with Gasteiger partial charge >= 0.3 is 0 Å². The summed E-state index contributed by atoms with van der Waals surface area (Å²) in [5.74, 6) is 0.656. The van der Waals surface area contributed by atoms with E-state index in [0.717, 1.165) is 22.3 Å². The van der Waals surface area contributed by atoms with E-state index in [4.69, 9.17) is 4.74 Å². The Hall–Kier alpha value is -1.39. The number of halogens is 1. The average Bonchev–Trinajstić information content (AvgIpc) is 2.45. The smallest absolute Gasteiger partial charge is 0.213 e. The third-order valence-corrected chi connectivity index (χ3v) is 3.58. The molecule has 0 radical (unpaired) electrons. The van der Waals surface area contributed by atoms with Crippen molar-refractivity contribution in [3.8, 4) is 5.88 Å². The summed E-state index contributed by atoms with van der Waals surface area (Å²) in [6.45, 7) is 5.50. The van der Waals surface area contributed by atoms with Crippen LogP contribution in [0, 0.1) is 0 Å². The standard InChI is InChI=1S/C16H19BrN2O/c1-12(2)18-10-14-7-5-9-16(19-14)20-11-13-6-3-4-8-15(13)17/h3-9,12,18H,10-11H2,1-2H3. The molecule has 3 nitrogen and oxygen atoms in total. The van der Waals surface area contributed by atoms with Crippen LogP contribution in [-0.4, -0.2) is 11.0 Å². The topological polar surface area (TPSA) is 34.1 Å². The van der Waals surface area contributed by atoms with E-state index in [2.05, 4.69) is 40.1 Å². The van der Waals surface area contributed by atoms with E-state index in [1.165, 1.54) is 0 Å². The van der Waals surface area contributed by atoms with Crippen molar-refractivity contribution < 1.29 is 4.74 Å². The molecule has 0 saturated carbocycles. The Labute approximate surface area is 128 Å². The molecule has 0 atom stereocenters. The molecule has 106 valence electrons. The number of pyridine rings is 1. The number of ether oxygens (including phenoxy) is 1. The van der Waals surface area contributed by atoms with Crippen LogP contribution >= 0.6 is 15.9 Å². The average molecular weight is 335 g/mol. The molecule has 0 aliphatic heterocycles. The first kappa shape index (κ1) is 15.0. The summed E-state index contributed by atoms with van der Waals surface area (Å²) >= 11 is 3.51. The van der Waals surface area contributed by atoms with Gasteiger partial charge in [0.15, 0.2) is 0 Å². The summed E-state index contributed by atoms with van der Waals surface area (Å²) in [7, 11) is 0. The molecule has 2 aromatic rings. The number of aromatic nitrogens is 1. The Kier molecular flexibility index (Phi) is 5.56. The van der Waals surface area contributed by atoms with Gasteiger partial charge in [0.2, 0.25) is 5.88 Å². The second-order valence-corrected chi connectivity index (χ2v) is 5.74. The second-order valence-electron chi connectivity index (χ2n) is 4.88. The highest BCUT2D eigenvalue weighted by Crippen LogP contribution is 2.18. The minimum atomic E-state index is 0.446. The van der Waals surface area contributed by atoms with Crippen LogP contribution in [0.4, 0.5) is 0 Å². The normalized spacial score (nSPS) is 10.8. The summed E-state index contributed by atoms with van der Waals surface area (Å²) in [6.07, 6.45) is 0. The van der Waals surface area contributed by atoms with E-state index >= 15 is 0 Å². The van der Waals surface area contributed by atoms with E-state index in [9.17, 15) is 0 Å². The second kappa shape index (κ2) is 7.41. The summed E-state index contributed by atoms with van der Waals surface area (Å²) in [6, 6.07) is 14.3. The molecule has 0 bridgehead atoms. The number of rotatable bonds is 6. The van der Waals surface area contributed by atoms with Gasteiger partial charge in [0, 0.05) is 28.7 Å². The quantitative estimate of drug-likeness (QED) is 0.869. The fourth-order valence-electron chi connectivity index (χ4n) is 1.71. The molecule has 0 spiro atoms. The predicted molar refractivity (Wildman–Crippen MR) is 84.7 cm³/mol. The van der Waals surface area contributed by atoms with Crippen LogP contribution in [0.5, 0.6) is 5.88 Å². The fraction of sp³-hybridized carbons (Fsp3) is 0.312. The van der Waals surface area contributed by atoms with Gasteiger partial charge in [-0.25, -0.2) is 4.98 Å². The predicted octanol–water partition coefficient (Wildman–Crippen LogP) is 3.92. The first-order valence-corrected chi connectivity index (χ1v) is 7.50. The molecular weight excluding hydrogens is 316 g/mol. The zero-order valence-electron chi connectivity index (χ0n) is 11.8. The lowest BCUT2D eigenvalue weighted by molar-refractivity contribution is 0.292. The Morgan fingerprint density at radius 3 is 2.70 bits per heavy atom. The van der Waals surface area contributed by atoms with Crippen LogP contribution in [0.25, 0.3) is 0 Å². The summed E-state index contributed by atoms with van der Waals surface area (Å²) in [5, 5.41) is 3.35. The third kappa shape index (κ3) is 4.62. The summed E-state index contributed by atoms with van der Waals surface area (Å²) < 4.78 is 6.80. The monoisotopic (exact) mass is 334 g/mol. The van der Waals surface area contributed by atoms with Crippen molar-refractivity contribution in [2.75, 3.05) is 0 Å². The number of benzene rings is 1. The van der Waals surface area contributed by atoms with E-state index < -0.39 is 0 Å². The molecule has 0 unspecified atom stereocenters. The minimum absolute atomic E-state index is 0.446. The van der Waals surface area contributed by atoms with E-state index in [1.54, 1.807) is 0 Å². The zero-order valence-corrected chi connectivity index (χ0v) is 13.4. The van der Waals surface area contributed by atoms with Gasteiger partial charge in [-0.2, -0.15) is 0 Å². The molecule has 0 amide bonds. The van der Waals surface area contributed by atoms with Gasteiger partial charge in [0.1, 0.15) is 6.61 Å². The molecule has 0 saturated heterocycles. The van der Waals surface area contributed by atoms with Crippen molar-refractivity contribution >= 4 is 15.9 Å². The molecule has 1 N–H and O–H groups in total. The van der Waals surface area contributed by atoms with Crippen molar-refractivity contribution in [2.45, 2.75) is 33.0 Å². The van der Waals surface area contributed by atoms with Gasteiger partial charge in [-0.05, 0) is 12.1 Å². The molecule has 0 aliphatic rings. The number of hydrogen-bond acceptors (Lipinski definition) is 3. The molecule has 4 heteroatoms. The molecular formula is C16H19BrN2O. The molecule has 1 aromatic carbocycles. The lowest BCUT2D eigenvalue weighted by Crippen LogP contribution is -2.22. The Morgan fingerprint density at radius 1 is 1.15 bits per heavy atom. The maximum absolute atomic E-state index is 5.75. The minimum Gasteiger partial charge on any atom is -0.473 e. The Bertz CT molecular complexity index is 558. The van der Waals surface area contributed by atoms with E-state index in [-0.39, 0.29) is 0 Å².